The van der Waals surface area contributed by atoms with Crippen LogP contribution in [0.2, 0.25) is 0 Å². The van der Waals surface area contributed by atoms with E-state index >= 15 is 4.39 Å². The Hall–Kier alpha value is -3.41. The monoisotopic (exact) mass is 470 g/mol. The number of halogens is 5. The van der Waals surface area contributed by atoms with Gasteiger partial charge in [-0.1, -0.05) is 62.2 Å². The van der Waals surface area contributed by atoms with Crippen molar-refractivity contribution in [2.45, 2.75) is 32.6 Å². The van der Waals surface area contributed by atoms with Crippen LogP contribution in [0.5, 0.6) is 5.75 Å². The van der Waals surface area contributed by atoms with Gasteiger partial charge in [0.25, 0.3) is 0 Å². The summed E-state index contributed by atoms with van der Waals surface area (Å²) in [4.78, 5) is 0. The van der Waals surface area contributed by atoms with E-state index in [2.05, 4.69) is 11.7 Å². The first-order valence-electron chi connectivity index (χ1n) is 11.1. The van der Waals surface area contributed by atoms with Crippen molar-refractivity contribution in [3.63, 3.8) is 0 Å². The highest BCUT2D eigenvalue weighted by molar-refractivity contribution is 5.89. The summed E-state index contributed by atoms with van der Waals surface area (Å²) in [5.41, 5.74) is 0.588. The van der Waals surface area contributed by atoms with Crippen molar-refractivity contribution < 1.29 is 26.7 Å². The van der Waals surface area contributed by atoms with E-state index in [1.807, 2.05) is 12.1 Å². The number of aryl methyl sites for hydroxylation is 1. The van der Waals surface area contributed by atoms with Crippen molar-refractivity contribution in [3.05, 3.63) is 89.2 Å². The van der Waals surface area contributed by atoms with Crippen molar-refractivity contribution >= 4 is 10.8 Å². The number of ether oxygens (including phenoxy) is 1. The van der Waals surface area contributed by atoms with Crippen LogP contribution < -0.4 is 4.74 Å². The largest absolute Gasteiger partial charge is 0.491 e. The first-order valence-corrected chi connectivity index (χ1v) is 11.1. The molecule has 0 fully saturated rings. The molecule has 176 valence electrons. The molecule has 0 bridgehead atoms. The van der Waals surface area contributed by atoms with Crippen LogP contribution in [0, 0.1) is 29.1 Å². The van der Waals surface area contributed by atoms with Crippen LogP contribution in [0.25, 0.3) is 33.0 Å². The van der Waals surface area contributed by atoms with Gasteiger partial charge in [-0.15, -0.1) is 0 Å². The van der Waals surface area contributed by atoms with E-state index in [4.69, 9.17) is 0 Å². The minimum absolute atomic E-state index is 0.171. The average Bonchev–Trinajstić information content (AvgIpc) is 2.82. The predicted octanol–water partition coefficient (Wildman–Crippen LogP) is 8.61. The predicted molar refractivity (Wildman–Crippen MR) is 124 cm³/mol. The third kappa shape index (κ3) is 4.37. The molecule has 1 nitrogen and oxygen atoms in total. The zero-order chi connectivity index (χ0) is 24.4. The molecule has 0 saturated carbocycles. The molecule has 0 amide bonds. The molecule has 0 radical (unpaired) electrons. The number of methoxy groups -OCH3 is 1. The Balaban J connectivity index is 1.71. The van der Waals surface area contributed by atoms with Crippen molar-refractivity contribution in [2.24, 2.45) is 0 Å². The third-order valence-electron chi connectivity index (χ3n) is 5.98. The molecule has 0 aliphatic heterocycles. The zero-order valence-corrected chi connectivity index (χ0v) is 18.8. The quantitative estimate of drug-likeness (QED) is 0.149. The van der Waals surface area contributed by atoms with E-state index in [0.717, 1.165) is 49.8 Å². The summed E-state index contributed by atoms with van der Waals surface area (Å²) < 4.78 is 77.3. The van der Waals surface area contributed by atoms with E-state index in [9.17, 15) is 17.6 Å². The van der Waals surface area contributed by atoms with E-state index in [1.54, 1.807) is 18.2 Å². The molecule has 0 unspecified atom stereocenters. The highest BCUT2D eigenvalue weighted by Crippen LogP contribution is 2.36. The van der Waals surface area contributed by atoms with Gasteiger partial charge < -0.3 is 4.74 Å². The fraction of sp³-hybridized carbons (Fsp3) is 0.214. The second-order valence-electron chi connectivity index (χ2n) is 8.20. The smallest absolute Gasteiger partial charge is 0.204 e. The van der Waals surface area contributed by atoms with Gasteiger partial charge in [-0.2, -0.15) is 4.39 Å². The Bertz CT molecular complexity index is 1360. The highest BCUT2D eigenvalue weighted by Gasteiger charge is 2.22. The van der Waals surface area contributed by atoms with Crippen molar-refractivity contribution in [1.82, 2.24) is 0 Å². The van der Waals surface area contributed by atoms with Crippen molar-refractivity contribution in [2.75, 3.05) is 7.11 Å². The fourth-order valence-corrected chi connectivity index (χ4v) is 4.16. The Morgan fingerprint density at radius 3 is 2.15 bits per heavy atom. The maximum absolute atomic E-state index is 15.3. The summed E-state index contributed by atoms with van der Waals surface area (Å²) in [5.74, 6) is -6.46. The number of hydrogen-bond donors (Lipinski definition) is 0. The third-order valence-corrected chi connectivity index (χ3v) is 5.98. The van der Waals surface area contributed by atoms with E-state index in [1.165, 1.54) is 12.1 Å². The first-order chi connectivity index (χ1) is 16.3. The van der Waals surface area contributed by atoms with Gasteiger partial charge in [-0.05, 0) is 41.5 Å². The minimum atomic E-state index is -1.55. The molecule has 4 aromatic carbocycles. The second-order valence-corrected chi connectivity index (χ2v) is 8.20. The number of rotatable bonds is 7. The summed E-state index contributed by atoms with van der Waals surface area (Å²) in [7, 11) is 1.00. The Morgan fingerprint density at radius 2 is 1.44 bits per heavy atom. The molecule has 0 saturated heterocycles. The topological polar surface area (TPSA) is 9.23 Å². The lowest BCUT2D eigenvalue weighted by atomic mass is 9.95. The van der Waals surface area contributed by atoms with Crippen LogP contribution in [0.15, 0.2) is 54.6 Å². The van der Waals surface area contributed by atoms with Gasteiger partial charge in [0.1, 0.15) is 11.6 Å². The van der Waals surface area contributed by atoms with Crippen LogP contribution in [-0.4, -0.2) is 7.11 Å². The van der Waals surface area contributed by atoms with Gasteiger partial charge in [-0.25, -0.2) is 17.6 Å². The SMILES string of the molecule is CCCCCc1ccc2c(F)c(-c3ccc(-c4cc(F)c(OC)c(F)c4F)c(F)c3)ccc2c1. The zero-order valence-electron chi connectivity index (χ0n) is 18.8. The summed E-state index contributed by atoms with van der Waals surface area (Å²) in [5, 5.41) is 1.16. The second kappa shape index (κ2) is 9.84. The molecule has 0 aliphatic carbocycles. The molecule has 0 spiro atoms. The number of unbranched alkanes of at least 4 members (excludes halogenated alkanes) is 2. The molecule has 0 aliphatic rings. The summed E-state index contributed by atoms with van der Waals surface area (Å²) >= 11 is 0. The van der Waals surface area contributed by atoms with Crippen LogP contribution in [0.1, 0.15) is 31.7 Å². The Labute approximate surface area is 194 Å². The Kier molecular flexibility index (Phi) is 6.87. The van der Waals surface area contributed by atoms with Gasteiger partial charge in [0, 0.05) is 22.1 Å². The van der Waals surface area contributed by atoms with Crippen LogP contribution in [-0.2, 0) is 6.42 Å². The van der Waals surface area contributed by atoms with Crippen molar-refractivity contribution in [1.29, 1.82) is 0 Å². The normalized spacial score (nSPS) is 11.3. The molecule has 34 heavy (non-hydrogen) atoms. The lowest BCUT2D eigenvalue weighted by Gasteiger charge is -2.12. The highest BCUT2D eigenvalue weighted by atomic mass is 19.2. The van der Waals surface area contributed by atoms with Gasteiger partial charge >= 0.3 is 0 Å². The molecule has 0 heterocycles. The Morgan fingerprint density at radius 1 is 0.676 bits per heavy atom. The van der Waals surface area contributed by atoms with Gasteiger partial charge in [0.05, 0.1) is 7.11 Å². The number of fused-ring (bicyclic) bond motifs is 1. The lowest BCUT2D eigenvalue weighted by molar-refractivity contribution is 0.347. The molecule has 0 aromatic heterocycles. The van der Waals surface area contributed by atoms with E-state index in [-0.39, 0.29) is 16.7 Å². The van der Waals surface area contributed by atoms with Crippen LogP contribution >= 0.6 is 0 Å². The van der Waals surface area contributed by atoms with Gasteiger partial charge in [-0.3, -0.25) is 0 Å². The molecule has 6 heteroatoms. The van der Waals surface area contributed by atoms with Crippen molar-refractivity contribution in [3.8, 4) is 28.0 Å². The van der Waals surface area contributed by atoms with E-state index < -0.39 is 40.4 Å². The van der Waals surface area contributed by atoms with Crippen LogP contribution in [0.3, 0.4) is 0 Å². The maximum Gasteiger partial charge on any atom is 0.204 e. The van der Waals surface area contributed by atoms with Gasteiger partial charge in [0.2, 0.25) is 5.82 Å². The van der Waals surface area contributed by atoms with E-state index in [0.29, 0.717) is 11.5 Å². The molecular weight excluding hydrogens is 447 g/mol. The number of benzene rings is 4. The average molecular weight is 470 g/mol. The lowest BCUT2D eigenvalue weighted by Crippen LogP contribution is -2.00. The standard InChI is InChI=1S/C28H23F5O/c1-3-4-5-6-16-7-10-19-17(13-16)8-11-20(25(19)31)18-9-12-21(23(29)14-18)22-15-24(30)28(34-2)27(33)26(22)32/h7-15H,3-6H2,1-2H3. The number of hydrogen-bond acceptors (Lipinski definition) is 1. The molecule has 0 atom stereocenters. The first kappa shape index (κ1) is 23.7. The molecule has 4 aromatic rings. The molecule has 4 rings (SSSR count). The molecular formula is C28H23F5O. The minimum Gasteiger partial charge on any atom is -0.491 e. The summed E-state index contributed by atoms with van der Waals surface area (Å²) in [6, 6.07) is 13.2. The van der Waals surface area contributed by atoms with Gasteiger partial charge in [0.15, 0.2) is 17.4 Å². The van der Waals surface area contributed by atoms with Crippen LogP contribution in [0.4, 0.5) is 22.0 Å². The fourth-order valence-electron chi connectivity index (χ4n) is 4.16. The molecule has 0 N–H and O–H groups in total. The summed E-state index contributed by atoms with van der Waals surface area (Å²) in [6.07, 6.45) is 4.24. The summed E-state index contributed by atoms with van der Waals surface area (Å²) in [6.45, 7) is 2.14. The maximum atomic E-state index is 15.3.